The molecule has 0 saturated heterocycles. The lowest BCUT2D eigenvalue weighted by molar-refractivity contribution is -0.122. The summed E-state index contributed by atoms with van der Waals surface area (Å²) in [5.74, 6) is -0.208. The molecule has 0 aliphatic rings. The maximum atomic E-state index is 11.3. The van der Waals surface area contributed by atoms with Gasteiger partial charge < -0.3 is 11.1 Å². The van der Waals surface area contributed by atoms with Crippen molar-refractivity contribution >= 4 is 11.7 Å². The minimum Gasteiger partial charge on any atom is -0.370 e. The SMILES string of the molecule is CC.CNC(CC(N)=O)CC(=O)C(C)C. The Labute approximate surface area is 92.6 Å². The molecule has 1 atom stereocenters. The zero-order chi connectivity index (χ0) is 12.4. The highest BCUT2D eigenvalue weighted by atomic mass is 16.1. The minimum absolute atomic E-state index is 0.0173. The van der Waals surface area contributed by atoms with Crippen LogP contribution in [0, 0.1) is 5.92 Å². The van der Waals surface area contributed by atoms with Gasteiger partial charge in [-0.05, 0) is 7.05 Å². The summed E-state index contributed by atoms with van der Waals surface area (Å²) in [4.78, 5) is 21.9. The second-order valence-electron chi connectivity index (χ2n) is 3.48. The van der Waals surface area contributed by atoms with Gasteiger partial charge in [-0.15, -0.1) is 0 Å². The van der Waals surface area contributed by atoms with Crippen molar-refractivity contribution in [3.63, 3.8) is 0 Å². The molecule has 0 saturated carbocycles. The second kappa shape index (κ2) is 9.65. The van der Waals surface area contributed by atoms with Crippen molar-refractivity contribution in [2.45, 2.75) is 46.6 Å². The summed E-state index contributed by atoms with van der Waals surface area (Å²) in [5.41, 5.74) is 5.03. The molecule has 0 rings (SSSR count). The van der Waals surface area contributed by atoms with E-state index < -0.39 is 0 Å². The molecule has 0 aliphatic carbocycles. The molecular formula is C11H24N2O2. The van der Waals surface area contributed by atoms with Crippen LogP contribution in [0.5, 0.6) is 0 Å². The van der Waals surface area contributed by atoms with Gasteiger partial charge in [0.15, 0.2) is 0 Å². The van der Waals surface area contributed by atoms with Gasteiger partial charge >= 0.3 is 0 Å². The molecule has 0 fully saturated rings. The predicted octanol–water partition coefficient (Wildman–Crippen LogP) is 1.09. The van der Waals surface area contributed by atoms with E-state index in [0.717, 1.165) is 0 Å². The normalized spacial score (nSPS) is 11.6. The number of hydrogen-bond donors (Lipinski definition) is 2. The Kier molecular flexibility index (Phi) is 10.6. The van der Waals surface area contributed by atoms with E-state index in [1.165, 1.54) is 0 Å². The molecule has 15 heavy (non-hydrogen) atoms. The van der Waals surface area contributed by atoms with Crippen LogP contribution in [0.2, 0.25) is 0 Å². The van der Waals surface area contributed by atoms with Gasteiger partial charge in [0.1, 0.15) is 5.78 Å². The first-order chi connectivity index (χ1) is 6.97. The van der Waals surface area contributed by atoms with Crippen LogP contribution in [-0.2, 0) is 9.59 Å². The number of carbonyl (C=O) groups excluding carboxylic acids is 2. The number of rotatable bonds is 6. The lowest BCUT2D eigenvalue weighted by Gasteiger charge is -2.14. The van der Waals surface area contributed by atoms with Crippen molar-refractivity contribution in [3.8, 4) is 0 Å². The summed E-state index contributed by atoms with van der Waals surface area (Å²) in [6, 6.07) is -0.118. The van der Waals surface area contributed by atoms with E-state index in [0.29, 0.717) is 6.42 Å². The van der Waals surface area contributed by atoms with Crippen molar-refractivity contribution in [2.24, 2.45) is 11.7 Å². The number of ketones is 1. The van der Waals surface area contributed by atoms with E-state index >= 15 is 0 Å². The van der Waals surface area contributed by atoms with Crippen LogP contribution in [0.3, 0.4) is 0 Å². The van der Waals surface area contributed by atoms with Crippen LogP contribution in [0.15, 0.2) is 0 Å². The summed E-state index contributed by atoms with van der Waals surface area (Å²) >= 11 is 0. The number of carbonyl (C=O) groups is 2. The number of hydrogen-bond acceptors (Lipinski definition) is 3. The maximum absolute atomic E-state index is 11.3. The second-order valence-corrected chi connectivity index (χ2v) is 3.48. The highest BCUT2D eigenvalue weighted by Gasteiger charge is 2.16. The molecule has 0 radical (unpaired) electrons. The highest BCUT2D eigenvalue weighted by molar-refractivity contribution is 5.82. The quantitative estimate of drug-likeness (QED) is 0.698. The Bertz CT molecular complexity index is 191. The van der Waals surface area contributed by atoms with E-state index in [9.17, 15) is 9.59 Å². The molecule has 3 N–H and O–H groups in total. The monoisotopic (exact) mass is 216 g/mol. The molecule has 0 spiro atoms. The van der Waals surface area contributed by atoms with Gasteiger partial charge in [-0.1, -0.05) is 27.7 Å². The largest absolute Gasteiger partial charge is 0.370 e. The molecular weight excluding hydrogens is 192 g/mol. The van der Waals surface area contributed by atoms with Crippen LogP contribution in [0.25, 0.3) is 0 Å². The summed E-state index contributed by atoms with van der Waals surface area (Å²) in [6.07, 6.45) is 0.589. The molecule has 1 unspecified atom stereocenters. The Morgan fingerprint density at radius 3 is 1.93 bits per heavy atom. The van der Waals surface area contributed by atoms with Crippen LogP contribution < -0.4 is 11.1 Å². The number of amides is 1. The van der Waals surface area contributed by atoms with Crippen molar-refractivity contribution in [3.05, 3.63) is 0 Å². The van der Waals surface area contributed by atoms with Gasteiger partial charge in [-0.3, -0.25) is 9.59 Å². The number of Topliss-reactive ketones (excluding diaryl/α,β-unsaturated/α-hetero) is 1. The lowest BCUT2D eigenvalue weighted by atomic mass is 10.00. The summed E-state index contributed by atoms with van der Waals surface area (Å²) in [7, 11) is 1.72. The van der Waals surface area contributed by atoms with E-state index in [1.807, 2.05) is 27.7 Å². The third-order valence-corrected chi connectivity index (χ3v) is 1.95. The van der Waals surface area contributed by atoms with Gasteiger partial charge in [0.25, 0.3) is 0 Å². The first-order valence-corrected chi connectivity index (χ1v) is 5.45. The highest BCUT2D eigenvalue weighted by Crippen LogP contribution is 2.04. The molecule has 1 amide bonds. The zero-order valence-electron chi connectivity index (χ0n) is 10.5. The summed E-state index contributed by atoms with van der Waals surface area (Å²) in [6.45, 7) is 7.69. The average molecular weight is 216 g/mol. The average Bonchev–Trinajstić information content (AvgIpc) is 2.18. The van der Waals surface area contributed by atoms with Gasteiger partial charge in [0, 0.05) is 24.8 Å². The van der Waals surface area contributed by atoms with Gasteiger partial charge in [0.05, 0.1) is 0 Å². The molecule has 4 heteroatoms. The Balaban J connectivity index is 0. The third kappa shape index (κ3) is 9.41. The van der Waals surface area contributed by atoms with E-state index in [-0.39, 0.29) is 30.1 Å². The number of nitrogens with two attached hydrogens (primary N) is 1. The Morgan fingerprint density at radius 2 is 1.67 bits per heavy atom. The number of nitrogens with one attached hydrogen (secondary N) is 1. The molecule has 0 bridgehead atoms. The summed E-state index contributed by atoms with van der Waals surface area (Å²) < 4.78 is 0. The molecule has 90 valence electrons. The predicted molar refractivity (Wildman–Crippen MR) is 62.5 cm³/mol. The van der Waals surface area contributed by atoms with Gasteiger partial charge in [-0.2, -0.15) is 0 Å². The molecule has 0 aromatic carbocycles. The lowest BCUT2D eigenvalue weighted by Crippen LogP contribution is -2.33. The topological polar surface area (TPSA) is 72.2 Å². The maximum Gasteiger partial charge on any atom is 0.218 e. The zero-order valence-corrected chi connectivity index (χ0v) is 10.5. The molecule has 0 aliphatic heterocycles. The van der Waals surface area contributed by atoms with Crippen molar-refractivity contribution < 1.29 is 9.59 Å². The van der Waals surface area contributed by atoms with Crippen molar-refractivity contribution in [1.82, 2.24) is 5.32 Å². The first kappa shape index (κ1) is 16.5. The van der Waals surface area contributed by atoms with Crippen LogP contribution in [0.4, 0.5) is 0 Å². The van der Waals surface area contributed by atoms with Gasteiger partial charge in [0.2, 0.25) is 5.91 Å². The molecule has 0 aromatic heterocycles. The fourth-order valence-electron chi connectivity index (χ4n) is 0.998. The van der Waals surface area contributed by atoms with E-state index in [1.54, 1.807) is 7.05 Å². The first-order valence-electron chi connectivity index (χ1n) is 5.45. The van der Waals surface area contributed by atoms with Crippen LogP contribution >= 0.6 is 0 Å². The fraction of sp³-hybridized carbons (Fsp3) is 0.818. The number of primary amides is 1. The molecule has 4 nitrogen and oxygen atoms in total. The van der Waals surface area contributed by atoms with Gasteiger partial charge in [-0.25, -0.2) is 0 Å². The van der Waals surface area contributed by atoms with Crippen LogP contribution in [0.1, 0.15) is 40.5 Å². The fourth-order valence-corrected chi connectivity index (χ4v) is 0.998. The Morgan fingerprint density at radius 1 is 1.20 bits per heavy atom. The standard InChI is InChI=1S/C9H18N2O2.C2H6/c1-6(2)8(12)4-7(11-3)5-9(10)13;1-2/h6-7,11H,4-5H2,1-3H3,(H2,10,13);1-2H3. The molecule has 0 aromatic rings. The van der Waals surface area contributed by atoms with E-state index in [4.69, 9.17) is 5.73 Å². The molecule has 0 heterocycles. The summed E-state index contributed by atoms with van der Waals surface area (Å²) in [5, 5.41) is 2.90. The Hall–Kier alpha value is -0.900. The van der Waals surface area contributed by atoms with Crippen LogP contribution in [-0.4, -0.2) is 24.8 Å². The smallest absolute Gasteiger partial charge is 0.218 e. The van der Waals surface area contributed by atoms with E-state index in [2.05, 4.69) is 5.32 Å². The van der Waals surface area contributed by atoms with Crippen molar-refractivity contribution in [1.29, 1.82) is 0 Å². The minimum atomic E-state index is -0.379. The third-order valence-electron chi connectivity index (χ3n) is 1.95. The van der Waals surface area contributed by atoms with Crippen molar-refractivity contribution in [2.75, 3.05) is 7.05 Å².